The average molecular weight is 296 g/mol. The average Bonchev–Trinajstić information content (AvgIpc) is 3.05. The summed E-state index contributed by atoms with van der Waals surface area (Å²) < 4.78 is 1.05. The summed E-state index contributed by atoms with van der Waals surface area (Å²) in [5.41, 5.74) is 0. The lowest BCUT2D eigenvalue weighted by Gasteiger charge is -2.26. The van der Waals surface area contributed by atoms with Gasteiger partial charge < -0.3 is 10.2 Å². The zero-order valence-corrected chi connectivity index (χ0v) is 11.5. The second-order valence-corrected chi connectivity index (χ2v) is 5.93. The third kappa shape index (κ3) is 2.80. The van der Waals surface area contributed by atoms with Gasteiger partial charge >= 0.3 is 0 Å². The molecule has 92 valence electrons. The molecule has 1 N–H and O–H groups in total. The molecule has 0 spiro atoms. The van der Waals surface area contributed by atoms with Crippen molar-refractivity contribution in [3.05, 3.63) is 22.8 Å². The first kappa shape index (κ1) is 11.5. The first-order valence-corrected chi connectivity index (χ1v) is 7.24. The Morgan fingerprint density at radius 3 is 2.82 bits per heavy atom. The predicted molar refractivity (Wildman–Crippen MR) is 73.3 cm³/mol. The molecule has 0 amide bonds. The van der Waals surface area contributed by atoms with E-state index in [1.54, 1.807) is 0 Å². The maximum absolute atomic E-state index is 4.53. The van der Waals surface area contributed by atoms with Gasteiger partial charge in [-0.3, -0.25) is 0 Å². The fraction of sp³-hybridized carbons (Fsp3) is 0.615. The Bertz CT molecular complexity index is 369. The van der Waals surface area contributed by atoms with Crippen LogP contribution in [0.2, 0.25) is 0 Å². The fourth-order valence-electron chi connectivity index (χ4n) is 2.50. The minimum Gasteiger partial charge on any atom is -0.352 e. The van der Waals surface area contributed by atoms with Crippen LogP contribution in [0.1, 0.15) is 25.7 Å². The normalized spacial score (nSPS) is 23.9. The molecule has 1 saturated heterocycles. The van der Waals surface area contributed by atoms with Crippen LogP contribution < -0.4 is 10.2 Å². The monoisotopic (exact) mass is 295 g/mol. The summed E-state index contributed by atoms with van der Waals surface area (Å²) in [4.78, 5) is 7.01. The van der Waals surface area contributed by atoms with Gasteiger partial charge in [0.2, 0.25) is 0 Å². The van der Waals surface area contributed by atoms with Crippen molar-refractivity contribution in [2.45, 2.75) is 37.8 Å². The van der Waals surface area contributed by atoms with Gasteiger partial charge in [-0.15, -0.1) is 0 Å². The van der Waals surface area contributed by atoms with E-state index in [-0.39, 0.29) is 0 Å². The highest BCUT2D eigenvalue weighted by Crippen LogP contribution is 2.31. The highest BCUT2D eigenvalue weighted by Gasteiger charge is 2.32. The van der Waals surface area contributed by atoms with Crippen molar-refractivity contribution < 1.29 is 0 Å². The van der Waals surface area contributed by atoms with Crippen molar-refractivity contribution in [3.8, 4) is 0 Å². The molecule has 17 heavy (non-hydrogen) atoms. The number of nitrogens with zero attached hydrogens (tertiary/aromatic N) is 2. The molecule has 1 aromatic heterocycles. The maximum Gasteiger partial charge on any atom is 0.128 e. The lowest BCUT2D eigenvalue weighted by molar-refractivity contribution is 0.575. The van der Waals surface area contributed by atoms with Crippen LogP contribution >= 0.6 is 15.9 Å². The topological polar surface area (TPSA) is 28.2 Å². The molecule has 3 rings (SSSR count). The van der Waals surface area contributed by atoms with Crippen molar-refractivity contribution in [2.24, 2.45) is 0 Å². The third-order valence-electron chi connectivity index (χ3n) is 3.57. The van der Waals surface area contributed by atoms with Crippen molar-refractivity contribution in [1.29, 1.82) is 0 Å². The fourth-order valence-corrected chi connectivity index (χ4v) is 2.74. The Morgan fingerprint density at radius 2 is 2.24 bits per heavy atom. The molecule has 1 aliphatic carbocycles. The summed E-state index contributed by atoms with van der Waals surface area (Å²) in [6.45, 7) is 2.29. The van der Waals surface area contributed by atoms with Crippen LogP contribution in [0.4, 0.5) is 5.82 Å². The van der Waals surface area contributed by atoms with Crippen LogP contribution in [-0.4, -0.2) is 30.2 Å². The summed E-state index contributed by atoms with van der Waals surface area (Å²) in [5, 5.41) is 3.57. The van der Waals surface area contributed by atoms with E-state index in [1.807, 2.05) is 6.20 Å². The Balaban J connectivity index is 1.72. The number of halogens is 1. The number of anilines is 1. The van der Waals surface area contributed by atoms with E-state index in [4.69, 9.17) is 0 Å². The highest BCUT2D eigenvalue weighted by molar-refractivity contribution is 9.10. The van der Waals surface area contributed by atoms with Crippen LogP contribution in [0.15, 0.2) is 22.8 Å². The summed E-state index contributed by atoms with van der Waals surface area (Å²) in [7, 11) is 0. The van der Waals surface area contributed by atoms with E-state index in [1.165, 1.54) is 32.2 Å². The van der Waals surface area contributed by atoms with Gasteiger partial charge in [0, 0.05) is 29.3 Å². The number of nitrogens with one attached hydrogen (secondary N) is 1. The van der Waals surface area contributed by atoms with E-state index in [0.29, 0.717) is 6.04 Å². The van der Waals surface area contributed by atoms with Crippen molar-refractivity contribution in [2.75, 3.05) is 18.0 Å². The van der Waals surface area contributed by atoms with Gasteiger partial charge in [0.1, 0.15) is 5.82 Å². The van der Waals surface area contributed by atoms with Crippen molar-refractivity contribution >= 4 is 21.7 Å². The van der Waals surface area contributed by atoms with Gasteiger partial charge in [-0.1, -0.05) is 0 Å². The molecule has 1 saturated carbocycles. The first-order valence-electron chi connectivity index (χ1n) is 6.44. The molecule has 3 nitrogen and oxygen atoms in total. The third-order valence-corrected chi connectivity index (χ3v) is 4.04. The molecule has 0 radical (unpaired) electrons. The molecule has 2 fully saturated rings. The lowest BCUT2D eigenvalue weighted by atomic mass is 10.2. The minimum absolute atomic E-state index is 0.654. The number of aromatic nitrogens is 1. The number of rotatable bonds is 4. The molecule has 2 heterocycles. The van der Waals surface area contributed by atoms with Crippen LogP contribution in [0.5, 0.6) is 0 Å². The van der Waals surface area contributed by atoms with Gasteiger partial charge in [-0.05, 0) is 60.3 Å². The standard InChI is InChI=1S/C13H18BrN3/c14-10-3-6-13(16-8-10)17(12-4-5-12)9-11-2-1-7-15-11/h3,6,8,11-12,15H,1-2,4-5,7,9H2. The maximum atomic E-state index is 4.53. The van der Waals surface area contributed by atoms with Gasteiger partial charge in [0.05, 0.1) is 0 Å². The summed E-state index contributed by atoms with van der Waals surface area (Å²) in [6.07, 6.45) is 7.17. The Kier molecular flexibility index (Phi) is 3.34. The van der Waals surface area contributed by atoms with E-state index in [9.17, 15) is 0 Å². The van der Waals surface area contributed by atoms with Crippen LogP contribution in [0, 0.1) is 0 Å². The lowest BCUT2D eigenvalue weighted by Crippen LogP contribution is -2.39. The van der Waals surface area contributed by atoms with Gasteiger partial charge in [-0.2, -0.15) is 0 Å². The minimum atomic E-state index is 0.654. The first-order chi connectivity index (χ1) is 8.33. The van der Waals surface area contributed by atoms with Crippen LogP contribution in [0.25, 0.3) is 0 Å². The Morgan fingerprint density at radius 1 is 1.35 bits per heavy atom. The van der Waals surface area contributed by atoms with Crippen molar-refractivity contribution in [1.82, 2.24) is 10.3 Å². The molecule has 1 aliphatic heterocycles. The number of pyridine rings is 1. The molecular weight excluding hydrogens is 278 g/mol. The van der Waals surface area contributed by atoms with Crippen molar-refractivity contribution in [3.63, 3.8) is 0 Å². The zero-order valence-electron chi connectivity index (χ0n) is 9.90. The molecule has 1 unspecified atom stereocenters. The molecule has 1 aromatic rings. The summed E-state index contributed by atoms with van der Waals surface area (Å²) in [6, 6.07) is 5.59. The van der Waals surface area contributed by atoms with Crippen LogP contribution in [-0.2, 0) is 0 Å². The Hall–Kier alpha value is -0.610. The second kappa shape index (κ2) is 4.94. The molecule has 0 bridgehead atoms. The second-order valence-electron chi connectivity index (χ2n) is 5.01. The van der Waals surface area contributed by atoms with Gasteiger partial charge in [0.25, 0.3) is 0 Å². The van der Waals surface area contributed by atoms with Gasteiger partial charge in [-0.25, -0.2) is 4.98 Å². The van der Waals surface area contributed by atoms with Crippen LogP contribution in [0.3, 0.4) is 0 Å². The summed E-state index contributed by atoms with van der Waals surface area (Å²) in [5.74, 6) is 1.13. The largest absolute Gasteiger partial charge is 0.352 e. The smallest absolute Gasteiger partial charge is 0.128 e. The quantitative estimate of drug-likeness (QED) is 0.925. The van der Waals surface area contributed by atoms with E-state index < -0.39 is 0 Å². The summed E-state index contributed by atoms with van der Waals surface area (Å²) >= 11 is 3.44. The zero-order chi connectivity index (χ0) is 11.7. The van der Waals surface area contributed by atoms with E-state index in [2.05, 4.69) is 43.3 Å². The highest BCUT2D eigenvalue weighted by atomic mass is 79.9. The SMILES string of the molecule is Brc1ccc(N(CC2CCCN2)C2CC2)nc1. The Labute approximate surface area is 111 Å². The molecule has 4 heteroatoms. The predicted octanol–water partition coefficient (Wildman–Crippen LogP) is 2.56. The molecule has 0 aromatic carbocycles. The molecule has 1 atom stereocenters. The number of hydrogen-bond acceptors (Lipinski definition) is 3. The number of hydrogen-bond donors (Lipinski definition) is 1. The van der Waals surface area contributed by atoms with E-state index in [0.717, 1.165) is 22.9 Å². The van der Waals surface area contributed by atoms with E-state index >= 15 is 0 Å². The molecular formula is C13H18BrN3. The van der Waals surface area contributed by atoms with Gasteiger partial charge in [0.15, 0.2) is 0 Å². The molecule has 2 aliphatic rings.